The molecule has 2 nitrogen and oxygen atoms in total. The second kappa shape index (κ2) is 4.67. The van der Waals surface area contributed by atoms with Crippen molar-refractivity contribution in [2.75, 3.05) is 0 Å². The molecule has 0 amide bonds. The van der Waals surface area contributed by atoms with Crippen LogP contribution in [-0.2, 0) is 0 Å². The summed E-state index contributed by atoms with van der Waals surface area (Å²) in [5, 5.41) is 3.49. The van der Waals surface area contributed by atoms with E-state index in [9.17, 15) is 0 Å². The van der Waals surface area contributed by atoms with Gasteiger partial charge in [-0.1, -0.05) is 60.7 Å². The first kappa shape index (κ1) is 12.0. The van der Waals surface area contributed by atoms with E-state index >= 15 is 0 Å². The van der Waals surface area contributed by atoms with Gasteiger partial charge in [0.15, 0.2) is 0 Å². The van der Waals surface area contributed by atoms with Crippen molar-refractivity contribution in [2.45, 2.75) is 6.92 Å². The third-order valence-corrected chi connectivity index (χ3v) is 3.75. The fourth-order valence-electron chi connectivity index (χ4n) is 2.79. The third-order valence-electron chi connectivity index (χ3n) is 3.75. The third kappa shape index (κ3) is 1.96. The fraction of sp³-hybridized carbons (Fsp3) is 0.0526. The number of fused-ring (bicyclic) bond motifs is 3. The summed E-state index contributed by atoms with van der Waals surface area (Å²) in [6.45, 7) is 1.95. The Balaban J connectivity index is 2.15. The van der Waals surface area contributed by atoms with E-state index in [4.69, 9.17) is 0 Å². The molecule has 100 valence electrons. The number of benzene rings is 3. The SMILES string of the molecule is Cc1nc(-c2ccccc2)c2ccc3ccccc3c2n1. The van der Waals surface area contributed by atoms with Crippen molar-refractivity contribution in [3.63, 3.8) is 0 Å². The summed E-state index contributed by atoms with van der Waals surface area (Å²) in [5.74, 6) is 0.803. The number of hydrogen-bond donors (Lipinski definition) is 0. The van der Waals surface area contributed by atoms with Gasteiger partial charge < -0.3 is 0 Å². The van der Waals surface area contributed by atoms with Crippen molar-refractivity contribution in [2.24, 2.45) is 0 Å². The van der Waals surface area contributed by atoms with Gasteiger partial charge in [0.05, 0.1) is 11.2 Å². The second-order valence-electron chi connectivity index (χ2n) is 5.17. The van der Waals surface area contributed by atoms with Crippen molar-refractivity contribution in [1.29, 1.82) is 0 Å². The summed E-state index contributed by atoms with van der Waals surface area (Å²) < 4.78 is 0. The van der Waals surface area contributed by atoms with Gasteiger partial charge in [0.1, 0.15) is 5.82 Å². The Bertz CT molecular complexity index is 943. The van der Waals surface area contributed by atoms with E-state index in [1.807, 2.05) is 25.1 Å². The highest BCUT2D eigenvalue weighted by Crippen LogP contribution is 2.30. The quantitative estimate of drug-likeness (QED) is 0.466. The predicted octanol–water partition coefficient (Wildman–Crippen LogP) is 4.76. The van der Waals surface area contributed by atoms with Crippen LogP contribution < -0.4 is 0 Å². The second-order valence-corrected chi connectivity index (χ2v) is 5.17. The molecule has 1 heterocycles. The Kier molecular flexibility index (Phi) is 2.68. The van der Waals surface area contributed by atoms with Crippen LogP contribution in [0.2, 0.25) is 0 Å². The molecule has 4 aromatic rings. The Morgan fingerprint density at radius 1 is 0.667 bits per heavy atom. The van der Waals surface area contributed by atoms with E-state index in [1.54, 1.807) is 0 Å². The van der Waals surface area contributed by atoms with E-state index in [2.05, 4.69) is 58.5 Å². The number of rotatable bonds is 1. The zero-order valence-electron chi connectivity index (χ0n) is 11.7. The minimum atomic E-state index is 0.803. The molecule has 0 bridgehead atoms. The van der Waals surface area contributed by atoms with Crippen LogP contribution in [0.5, 0.6) is 0 Å². The van der Waals surface area contributed by atoms with Crippen molar-refractivity contribution in [1.82, 2.24) is 9.97 Å². The van der Waals surface area contributed by atoms with Gasteiger partial charge in [-0.05, 0) is 18.4 Å². The molecule has 0 saturated heterocycles. The predicted molar refractivity (Wildman–Crippen MR) is 87.2 cm³/mol. The molecule has 3 aromatic carbocycles. The van der Waals surface area contributed by atoms with Crippen LogP contribution in [0.25, 0.3) is 32.9 Å². The largest absolute Gasteiger partial charge is 0.233 e. The first-order valence-electron chi connectivity index (χ1n) is 7.04. The lowest BCUT2D eigenvalue weighted by Crippen LogP contribution is -1.94. The average molecular weight is 270 g/mol. The number of hydrogen-bond acceptors (Lipinski definition) is 2. The fourth-order valence-corrected chi connectivity index (χ4v) is 2.79. The van der Waals surface area contributed by atoms with Crippen LogP contribution in [0.3, 0.4) is 0 Å². The molecule has 0 unspecified atom stereocenters. The Labute approximate surface area is 123 Å². The molecule has 0 aliphatic rings. The van der Waals surface area contributed by atoms with Crippen molar-refractivity contribution < 1.29 is 0 Å². The summed E-state index contributed by atoms with van der Waals surface area (Å²) in [5.41, 5.74) is 3.16. The molecule has 1 aromatic heterocycles. The summed E-state index contributed by atoms with van der Waals surface area (Å²) in [6.07, 6.45) is 0. The lowest BCUT2D eigenvalue weighted by molar-refractivity contribution is 1.10. The van der Waals surface area contributed by atoms with Gasteiger partial charge in [-0.3, -0.25) is 0 Å². The number of aromatic nitrogens is 2. The Hall–Kier alpha value is -2.74. The lowest BCUT2D eigenvalue weighted by Gasteiger charge is -2.09. The zero-order chi connectivity index (χ0) is 14.2. The standard InChI is InChI=1S/C19H14N2/c1-13-20-18(15-8-3-2-4-9-15)17-12-11-14-7-5-6-10-16(14)19(17)21-13/h2-12H,1H3. The van der Waals surface area contributed by atoms with Crippen LogP contribution in [-0.4, -0.2) is 9.97 Å². The van der Waals surface area contributed by atoms with Crippen molar-refractivity contribution in [3.05, 3.63) is 72.6 Å². The normalized spacial score (nSPS) is 11.1. The van der Waals surface area contributed by atoms with E-state index in [0.29, 0.717) is 0 Å². The van der Waals surface area contributed by atoms with Gasteiger partial charge in [-0.25, -0.2) is 9.97 Å². The molecule has 0 N–H and O–H groups in total. The minimum Gasteiger partial charge on any atom is -0.233 e. The first-order chi connectivity index (χ1) is 10.3. The molecule has 2 heteroatoms. The smallest absolute Gasteiger partial charge is 0.126 e. The van der Waals surface area contributed by atoms with Gasteiger partial charge in [0.2, 0.25) is 0 Å². The molecule has 0 aliphatic carbocycles. The monoisotopic (exact) mass is 270 g/mol. The highest BCUT2D eigenvalue weighted by atomic mass is 14.9. The maximum atomic E-state index is 4.68. The maximum Gasteiger partial charge on any atom is 0.126 e. The van der Waals surface area contributed by atoms with Gasteiger partial charge in [0, 0.05) is 16.3 Å². The average Bonchev–Trinajstić information content (AvgIpc) is 2.55. The van der Waals surface area contributed by atoms with E-state index < -0.39 is 0 Å². The number of aryl methyl sites for hydroxylation is 1. The van der Waals surface area contributed by atoms with E-state index in [-0.39, 0.29) is 0 Å². The number of nitrogens with zero attached hydrogens (tertiary/aromatic N) is 2. The first-order valence-corrected chi connectivity index (χ1v) is 7.04. The highest BCUT2D eigenvalue weighted by molar-refractivity contribution is 6.09. The van der Waals surface area contributed by atoms with E-state index in [1.165, 1.54) is 10.8 Å². The summed E-state index contributed by atoms with van der Waals surface area (Å²) >= 11 is 0. The molecule has 0 saturated carbocycles. The minimum absolute atomic E-state index is 0.803. The van der Waals surface area contributed by atoms with Crippen LogP contribution >= 0.6 is 0 Å². The van der Waals surface area contributed by atoms with Gasteiger partial charge >= 0.3 is 0 Å². The summed E-state index contributed by atoms with van der Waals surface area (Å²) in [6, 6.07) is 22.9. The molecule has 0 fully saturated rings. The van der Waals surface area contributed by atoms with Crippen molar-refractivity contribution in [3.8, 4) is 11.3 Å². The highest BCUT2D eigenvalue weighted by Gasteiger charge is 2.10. The Morgan fingerprint density at radius 2 is 1.43 bits per heavy atom. The van der Waals surface area contributed by atoms with Crippen molar-refractivity contribution >= 4 is 21.7 Å². The van der Waals surface area contributed by atoms with Crippen LogP contribution in [0.15, 0.2) is 66.7 Å². The maximum absolute atomic E-state index is 4.68. The molecule has 4 rings (SSSR count). The molecule has 0 radical (unpaired) electrons. The lowest BCUT2D eigenvalue weighted by atomic mass is 10.0. The molecular formula is C19H14N2. The Morgan fingerprint density at radius 3 is 2.29 bits per heavy atom. The van der Waals surface area contributed by atoms with Gasteiger partial charge in [-0.2, -0.15) is 0 Å². The van der Waals surface area contributed by atoms with Gasteiger partial charge in [-0.15, -0.1) is 0 Å². The molecule has 0 spiro atoms. The van der Waals surface area contributed by atoms with Crippen LogP contribution in [0.1, 0.15) is 5.82 Å². The van der Waals surface area contributed by atoms with E-state index in [0.717, 1.165) is 28.0 Å². The zero-order valence-corrected chi connectivity index (χ0v) is 11.7. The van der Waals surface area contributed by atoms with Crippen LogP contribution in [0.4, 0.5) is 0 Å². The molecular weight excluding hydrogens is 256 g/mol. The van der Waals surface area contributed by atoms with Crippen LogP contribution in [0, 0.1) is 6.92 Å². The topological polar surface area (TPSA) is 25.8 Å². The van der Waals surface area contributed by atoms with Gasteiger partial charge in [0.25, 0.3) is 0 Å². The molecule has 0 atom stereocenters. The summed E-state index contributed by atoms with van der Waals surface area (Å²) in [7, 11) is 0. The summed E-state index contributed by atoms with van der Waals surface area (Å²) in [4.78, 5) is 9.35. The molecule has 0 aliphatic heterocycles. The molecule has 21 heavy (non-hydrogen) atoms.